The zero-order chi connectivity index (χ0) is 13.1. The van der Waals surface area contributed by atoms with Gasteiger partial charge in [0.2, 0.25) is 0 Å². The van der Waals surface area contributed by atoms with Crippen molar-refractivity contribution in [2.45, 2.75) is 66.2 Å². The van der Waals surface area contributed by atoms with E-state index in [-0.39, 0.29) is 0 Å². The van der Waals surface area contributed by atoms with Gasteiger partial charge >= 0.3 is 0 Å². The number of ketones is 1. The second kappa shape index (κ2) is 10.3. The summed E-state index contributed by atoms with van der Waals surface area (Å²) in [5.41, 5.74) is 1.16. The average molecular weight is 236 g/mol. The van der Waals surface area contributed by atoms with Crippen LogP contribution >= 0.6 is 0 Å². The number of rotatable bonds is 9. The Morgan fingerprint density at radius 3 is 2.59 bits per heavy atom. The Labute approximate surface area is 107 Å². The number of carbonyl (C=O) groups is 1. The molecular weight excluding hydrogens is 208 g/mol. The van der Waals surface area contributed by atoms with Crippen molar-refractivity contribution in [3.63, 3.8) is 0 Å². The second-order valence-corrected chi connectivity index (χ2v) is 5.04. The molecule has 0 spiro atoms. The molecule has 0 aromatic rings. The minimum atomic E-state index is 0.381. The van der Waals surface area contributed by atoms with Crippen LogP contribution in [-0.2, 0) is 4.79 Å². The van der Waals surface area contributed by atoms with Crippen LogP contribution in [0.2, 0.25) is 0 Å². The van der Waals surface area contributed by atoms with Gasteiger partial charge in [-0.25, -0.2) is 0 Å². The predicted octanol–water partition coefficient (Wildman–Crippen LogP) is 5.07. The summed E-state index contributed by atoms with van der Waals surface area (Å²) < 4.78 is 0. The molecule has 0 radical (unpaired) electrons. The first-order valence-electron chi connectivity index (χ1n) is 6.90. The van der Waals surface area contributed by atoms with Crippen molar-refractivity contribution in [1.29, 1.82) is 0 Å². The Bertz CT molecular complexity index is 261. The smallest absolute Gasteiger partial charge is 0.136 e. The molecule has 1 nitrogen and oxygen atoms in total. The fraction of sp³-hybridized carbons (Fsp3) is 0.688. The lowest BCUT2D eigenvalue weighted by Crippen LogP contribution is -2.01. The Kier molecular flexibility index (Phi) is 9.80. The van der Waals surface area contributed by atoms with Crippen LogP contribution in [0.3, 0.4) is 0 Å². The highest BCUT2D eigenvalue weighted by atomic mass is 16.1. The zero-order valence-electron chi connectivity index (χ0n) is 12.0. The van der Waals surface area contributed by atoms with E-state index >= 15 is 0 Å². The van der Waals surface area contributed by atoms with Gasteiger partial charge in [0, 0.05) is 12.8 Å². The molecule has 0 N–H and O–H groups in total. The fourth-order valence-electron chi connectivity index (χ4n) is 2.00. The molecule has 1 unspecified atom stereocenters. The van der Waals surface area contributed by atoms with E-state index in [0.29, 0.717) is 12.2 Å². The summed E-state index contributed by atoms with van der Waals surface area (Å²) >= 11 is 0. The van der Waals surface area contributed by atoms with Crippen LogP contribution in [0.15, 0.2) is 23.8 Å². The molecule has 0 saturated carbocycles. The topological polar surface area (TPSA) is 17.1 Å². The number of allylic oxidation sites excluding steroid dienone is 4. The van der Waals surface area contributed by atoms with E-state index in [1.54, 1.807) is 0 Å². The second-order valence-electron chi connectivity index (χ2n) is 5.04. The maximum absolute atomic E-state index is 11.7. The van der Waals surface area contributed by atoms with Crippen LogP contribution in [0.1, 0.15) is 66.2 Å². The third kappa shape index (κ3) is 10.0. The normalized spacial score (nSPS) is 14.2. The van der Waals surface area contributed by atoms with E-state index < -0.39 is 0 Å². The molecule has 0 fully saturated rings. The molecule has 0 bridgehead atoms. The van der Waals surface area contributed by atoms with E-state index in [1.807, 2.05) is 32.1 Å². The van der Waals surface area contributed by atoms with Crippen molar-refractivity contribution in [1.82, 2.24) is 0 Å². The molecule has 0 aliphatic heterocycles. The van der Waals surface area contributed by atoms with Crippen molar-refractivity contribution in [2.75, 3.05) is 0 Å². The van der Waals surface area contributed by atoms with Gasteiger partial charge in [0.05, 0.1) is 0 Å². The Morgan fingerprint density at radius 1 is 1.29 bits per heavy atom. The highest BCUT2D eigenvalue weighted by molar-refractivity contribution is 5.80. The van der Waals surface area contributed by atoms with Crippen molar-refractivity contribution < 1.29 is 4.79 Å². The van der Waals surface area contributed by atoms with E-state index in [2.05, 4.69) is 13.8 Å². The van der Waals surface area contributed by atoms with E-state index in [0.717, 1.165) is 24.3 Å². The van der Waals surface area contributed by atoms with Crippen molar-refractivity contribution in [3.05, 3.63) is 23.8 Å². The first kappa shape index (κ1) is 16.1. The summed E-state index contributed by atoms with van der Waals surface area (Å²) in [6, 6.07) is 0. The van der Waals surface area contributed by atoms with Crippen LogP contribution in [0, 0.1) is 5.92 Å². The molecule has 1 heteroatoms. The first-order valence-corrected chi connectivity index (χ1v) is 6.90. The Balaban J connectivity index is 3.73. The minimum Gasteiger partial charge on any atom is -0.299 e. The van der Waals surface area contributed by atoms with Crippen LogP contribution in [0.25, 0.3) is 0 Å². The molecule has 17 heavy (non-hydrogen) atoms. The van der Waals surface area contributed by atoms with Crippen LogP contribution in [0.4, 0.5) is 0 Å². The molecule has 1 atom stereocenters. The lowest BCUT2D eigenvalue weighted by atomic mass is 9.97. The van der Waals surface area contributed by atoms with Gasteiger partial charge in [-0.2, -0.15) is 0 Å². The van der Waals surface area contributed by atoms with Gasteiger partial charge in [0.25, 0.3) is 0 Å². The summed E-state index contributed by atoms with van der Waals surface area (Å²) in [5, 5.41) is 0. The van der Waals surface area contributed by atoms with Crippen molar-refractivity contribution in [3.8, 4) is 0 Å². The predicted molar refractivity (Wildman–Crippen MR) is 76.1 cm³/mol. The molecule has 0 heterocycles. The molecule has 0 rings (SSSR count). The van der Waals surface area contributed by atoms with Gasteiger partial charge in [-0.05, 0) is 26.2 Å². The number of carbonyl (C=O) groups excluding carboxylic acids is 1. The molecule has 0 saturated heterocycles. The first-order chi connectivity index (χ1) is 8.10. The molecule has 0 aromatic carbocycles. The van der Waals surface area contributed by atoms with Crippen LogP contribution in [-0.4, -0.2) is 5.78 Å². The monoisotopic (exact) mass is 236 g/mol. The number of hydrogen-bond acceptors (Lipinski definition) is 1. The summed E-state index contributed by atoms with van der Waals surface area (Å²) in [7, 11) is 0. The van der Waals surface area contributed by atoms with Gasteiger partial charge in [-0.15, -0.1) is 0 Å². The number of hydrogen-bond donors (Lipinski definition) is 0. The van der Waals surface area contributed by atoms with Gasteiger partial charge < -0.3 is 0 Å². The number of Topliss-reactive ketones (excluding diaryl/α,β-unsaturated/α-hetero) is 1. The van der Waals surface area contributed by atoms with Crippen LogP contribution < -0.4 is 0 Å². The average Bonchev–Trinajstić information content (AvgIpc) is 2.26. The van der Waals surface area contributed by atoms with Gasteiger partial charge in [-0.3, -0.25) is 4.79 Å². The van der Waals surface area contributed by atoms with Crippen molar-refractivity contribution >= 4 is 5.78 Å². The van der Waals surface area contributed by atoms with E-state index in [9.17, 15) is 4.79 Å². The third-order valence-electron chi connectivity index (χ3n) is 2.98. The van der Waals surface area contributed by atoms with Crippen molar-refractivity contribution in [2.24, 2.45) is 5.92 Å². The molecule has 0 amide bonds. The van der Waals surface area contributed by atoms with Gasteiger partial charge in [0.1, 0.15) is 5.78 Å². The fourth-order valence-corrected chi connectivity index (χ4v) is 2.00. The largest absolute Gasteiger partial charge is 0.299 e. The van der Waals surface area contributed by atoms with Crippen LogP contribution in [0.5, 0.6) is 0 Å². The van der Waals surface area contributed by atoms with Gasteiger partial charge in [0.15, 0.2) is 0 Å². The lowest BCUT2D eigenvalue weighted by molar-refractivity contribution is -0.118. The molecule has 0 aromatic heterocycles. The highest BCUT2D eigenvalue weighted by Crippen LogP contribution is 2.15. The summed E-state index contributed by atoms with van der Waals surface area (Å²) in [4.78, 5) is 11.7. The summed E-state index contributed by atoms with van der Waals surface area (Å²) in [6.45, 7) is 8.51. The molecule has 98 valence electrons. The summed E-state index contributed by atoms with van der Waals surface area (Å²) in [6.07, 6.45) is 12.1. The van der Waals surface area contributed by atoms with Gasteiger partial charge in [-0.1, -0.05) is 56.9 Å². The molecule has 0 aliphatic rings. The van der Waals surface area contributed by atoms with E-state index in [1.165, 1.54) is 19.3 Å². The third-order valence-corrected chi connectivity index (χ3v) is 2.98. The maximum atomic E-state index is 11.7. The SMILES string of the molecule is C/C=C\C=C(/C)CC(=O)CCCC(C)CCC. The molecule has 0 aliphatic carbocycles. The molecular formula is C16H28O. The maximum Gasteiger partial charge on any atom is 0.136 e. The van der Waals surface area contributed by atoms with E-state index in [4.69, 9.17) is 0 Å². The quantitative estimate of drug-likeness (QED) is 0.510. The summed E-state index contributed by atoms with van der Waals surface area (Å²) in [5.74, 6) is 1.15. The Morgan fingerprint density at radius 2 is 2.00 bits per heavy atom. The Hall–Kier alpha value is -0.850. The highest BCUT2D eigenvalue weighted by Gasteiger charge is 2.05. The standard InChI is InChI=1S/C16H28O/c1-5-7-10-15(4)13-16(17)12-8-11-14(3)9-6-2/h5,7,10,14H,6,8-9,11-13H2,1-4H3/b7-5-,15-10+. The lowest BCUT2D eigenvalue weighted by Gasteiger charge is -2.08. The zero-order valence-corrected chi connectivity index (χ0v) is 12.0. The minimum absolute atomic E-state index is 0.381.